The maximum absolute atomic E-state index is 12.5. The van der Waals surface area contributed by atoms with Crippen molar-refractivity contribution in [1.82, 2.24) is 0 Å². The van der Waals surface area contributed by atoms with Gasteiger partial charge in [0.05, 0.1) is 18.1 Å². The molecular formula is C10H6BrF2NO2. The Hall–Kier alpha value is -1.48. The third-order valence-corrected chi connectivity index (χ3v) is 2.65. The Labute approximate surface area is 98.4 Å². The quantitative estimate of drug-likeness (QED) is 0.931. The van der Waals surface area contributed by atoms with Crippen molar-refractivity contribution in [3.63, 3.8) is 0 Å². The smallest absolute Gasteiger partial charge is 0.307 e. The number of nitriles is 1. The molecule has 0 saturated carbocycles. The van der Waals surface area contributed by atoms with Gasteiger partial charge < -0.3 is 5.11 Å². The number of carboxylic acid groups (broad SMARTS) is 1. The highest BCUT2D eigenvalue weighted by molar-refractivity contribution is 9.10. The minimum atomic E-state index is -2.80. The molecular weight excluding hydrogens is 284 g/mol. The van der Waals surface area contributed by atoms with Crippen molar-refractivity contribution in [2.24, 2.45) is 0 Å². The average molecular weight is 290 g/mol. The summed E-state index contributed by atoms with van der Waals surface area (Å²) in [4.78, 5) is 10.5. The first kappa shape index (κ1) is 12.6. The molecule has 0 spiro atoms. The van der Waals surface area contributed by atoms with Gasteiger partial charge in [0, 0.05) is 10.0 Å². The van der Waals surface area contributed by atoms with E-state index in [2.05, 4.69) is 15.9 Å². The van der Waals surface area contributed by atoms with Gasteiger partial charge in [0.15, 0.2) is 0 Å². The van der Waals surface area contributed by atoms with E-state index in [9.17, 15) is 13.6 Å². The highest BCUT2D eigenvalue weighted by Gasteiger charge is 2.17. The van der Waals surface area contributed by atoms with Gasteiger partial charge >= 0.3 is 5.97 Å². The van der Waals surface area contributed by atoms with E-state index >= 15 is 0 Å². The fourth-order valence-electron chi connectivity index (χ4n) is 1.21. The van der Waals surface area contributed by atoms with Gasteiger partial charge in [-0.15, -0.1) is 0 Å². The molecule has 0 radical (unpaired) electrons. The van der Waals surface area contributed by atoms with Gasteiger partial charge in [0.1, 0.15) is 0 Å². The summed E-state index contributed by atoms with van der Waals surface area (Å²) in [6.07, 6.45) is -3.17. The van der Waals surface area contributed by atoms with Crippen molar-refractivity contribution >= 4 is 21.9 Å². The number of alkyl halides is 2. The van der Waals surface area contributed by atoms with Crippen LogP contribution in [-0.4, -0.2) is 11.1 Å². The molecule has 1 rings (SSSR count). The molecule has 3 nitrogen and oxygen atoms in total. The van der Waals surface area contributed by atoms with E-state index in [1.165, 1.54) is 6.07 Å². The van der Waals surface area contributed by atoms with Crippen LogP contribution < -0.4 is 0 Å². The second-order valence-corrected chi connectivity index (χ2v) is 3.87. The highest BCUT2D eigenvalue weighted by atomic mass is 79.9. The van der Waals surface area contributed by atoms with Crippen LogP contribution in [0.3, 0.4) is 0 Å². The molecule has 1 aromatic rings. The molecule has 1 aromatic carbocycles. The Bertz CT molecular complexity index is 469. The van der Waals surface area contributed by atoms with Crippen LogP contribution in [0.25, 0.3) is 0 Å². The summed E-state index contributed by atoms with van der Waals surface area (Å²) in [5, 5.41) is 17.2. The molecule has 0 unspecified atom stereocenters. The zero-order valence-corrected chi connectivity index (χ0v) is 9.46. The van der Waals surface area contributed by atoms with Crippen LogP contribution in [0, 0.1) is 11.3 Å². The van der Waals surface area contributed by atoms with E-state index in [1.54, 1.807) is 6.07 Å². The van der Waals surface area contributed by atoms with Gasteiger partial charge in [-0.1, -0.05) is 15.9 Å². The summed E-state index contributed by atoms with van der Waals surface area (Å²) in [5.74, 6) is -1.12. The Kier molecular flexibility index (Phi) is 3.96. The minimum Gasteiger partial charge on any atom is -0.481 e. The fraction of sp³-hybridized carbons (Fsp3) is 0.200. The number of nitrogens with zero attached hydrogens (tertiary/aromatic N) is 1. The van der Waals surface area contributed by atoms with Crippen LogP contribution in [0.15, 0.2) is 16.6 Å². The van der Waals surface area contributed by atoms with Crippen LogP contribution in [0.2, 0.25) is 0 Å². The molecule has 1 N–H and O–H groups in total. The molecule has 0 aromatic heterocycles. The summed E-state index contributed by atoms with van der Waals surface area (Å²) in [6, 6.07) is 3.89. The van der Waals surface area contributed by atoms with Gasteiger partial charge in [-0.3, -0.25) is 4.79 Å². The molecule has 16 heavy (non-hydrogen) atoms. The molecule has 0 heterocycles. The van der Waals surface area contributed by atoms with Crippen LogP contribution in [0.1, 0.15) is 23.1 Å². The Balaban J connectivity index is 3.28. The number of benzene rings is 1. The molecule has 84 valence electrons. The van der Waals surface area contributed by atoms with Crippen LogP contribution in [0.5, 0.6) is 0 Å². The van der Waals surface area contributed by atoms with Crippen LogP contribution in [0.4, 0.5) is 8.78 Å². The first-order chi connectivity index (χ1) is 7.45. The largest absolute Gasteiger partial charge is 0.481 e. The van der Waals surface area contributed by atoms with Crippen molar-refractivity contribution in [2.45, 2.75) is 12.8 Å². The molecule has 0 aliphatic rings. The van der Waals surface area contributed by atoms with Crippen molar-refractivity contribution in [1.29, 1.82) is 5.26 Å². The standard InChI is InChI=1S/C10H6BrF2NO2/c11-8-2-6(4-14)7(10(12)13)1-5(8)3-9(15)16/h1-2,10H,3H2,(H,15,16). The first-order valence-electron chi connectivity index (χ1n) is 4.18. The number of rotatable bonds is 3. The van der Waals surface area contributed by atoms with Crippen LogP contribution in [-0.2, 0) is 11.2 Å². The summed E-state index contributed by atoms with van der Waals surface area (Å²) >= 11 is 3.04. The summed E-state index contributed by atoms with van der Waals surface area (Å²) < 4.78 is 25.4. The number of hydrogen-bond acceptors (Lipinski definition) is 2. The lowest BCUT2D eigenvalue weighted by Gasteiger charge is -2.07. The van der Waals surface area contributed by atoms with Crippen molar-refractivity contribution in [3.8, 4) is 6.07 Å². The second-order valence-electron chi connectivity index (χ2n) is 3.01. The topological polar surface area (TPSA) is 61.1 Å². The van der Waals surface area contributed by atoms with Crippen molar-refractivity contribution in [3.05, 3.63) is 33.3 Å². The van der Waals surface area contributed by atoms with Gasteiger partial charge in [-0.05, 0) is 17.7 Å². The summed E-state index contributed by atoms with van der Waals surface area (Å²) in [5.41, 5.74) is -0.375. The van der Waals surface area contributed by atoms with Gasteiger partial charge in [0.2, 0.25) is 0 Å². The first-order valence-corrected chi connectivity index (χ1v) is 4.97. The predicted molar refractivity (Wildman–Crippen MR) is 55.2 cm³/mol. The molecule has 0 bridgehead atoms. The summed E-state index contributed by atoms with van der Waals surface area (Å²) in [7, 11) is 0. The number of aliphatic carboxylic acids is 1. The molecule has 0 atom stereocenters. The van der Waals surface area contributed by atoms with E-state index in [4.69, 9.17) is 10.4 Å². The van der Waals surface area contributed by atoms with E-state index < -0.39 is 18.0 Å². The number of carbonyl (C=O) groups is 1. The highest BCUT2D eigenvalue weighted by Crippen LogP contribution is 2.28. The van der Waals surface area contributed by atoms with Crippen molar-refractivity contribution in [2.75, 3.05) is 0 Å². The van der Waals surface area contributed by atoms with Crippen LogP contribution >= 0.6 is 15.9 Å². The van der Waals surface area contributed by atoms with E-state index in [1.807, 2.05) is 0 Å². The van der Waals surface area contributed by atoms with Gasteiger partial charge in [-0.25, -0.2) is 8.78 Å². The third-order valence-electron chi connectivity index (χ3n) is 1.92. The Morgan fingerprint density at radius 3 is 2.62 bits per heavy atom. The van der Waals surface area contributed by atoms with Gasteiger partial charge in [-0.2, -0.15) is 5.26 Å². The normalized spacial score (nSPS) is 10.2. The molecule has 6 heteroatoms. The molecule has 0 aliphatic heterocycles. The molecule has 0 fully saturated rings. The van der Waals surface area contributed by atoms with Crippen molar-refractivity contribution < 1.29 is 18.7 Å². The lowest BCUT2D eigenvalue weighted by molar-refractivity contribution is -0.136. The third kappa shape index (κ3) is 2.76. The number of carboxylic acids is 1. The fourth-order valence-corrected chi connectivity index (χ4v) is 1.70. The lowest BCUT2D eigenvalue weighted by Crippen LogP contribution is -2.03. The molecule has 0 aliphatic carbocycles. The predicted octanol–water partition coefficient (Wildman–Crippen LogP) is 2.89. The number of halogens is 3. The zero-order chi connectivity index (χ0) is 12.3. The minimum absolute atomic E-state index is 0.156. The van der Waals surface area contributed by atoms with E-state index in [-0.39, 0.29) is 17.5 Å². The summed E-state index contributed by atoms with van der Waals surface area (Å²) in [6.45, 7) is 0. The van der Waals surface area contributed by atoms with E-state index in [0.29, 0.717) is 4.47 Å². The monoisotopic (exact) mass is 289 g/mol. The Morgan fingerprint density at radius 2 is 2.19 bits per heavy atom. The molecule has 0 amide bonds. The van der Waals surface area contributed by atoms with E-state index in [0.717, 1.165) is 6.07 Å². The second kappa shape index (κ2) is 5.03. The average Bonchev–Trinajstić information content (AvgIpc) is 2.19. The maximum atomic E-state index is 12.5. The zero-order valence-electron chi connectivity index (χ0n) is 7.88. The Morgan fingerprint density at radius 1 is 1.56 bits per heavy atom. The maximum Gasteiger partial charge on any atom is 0.307 e. The SMILES string of the molecule is N#Cc1cc(Br)c(CC(=O)O)cc1C(F)F. The lowest BCUT2D eigenvalue weighted by atomic mass is 10.0. The van der Waals surface area contributed by atoms with Gasteiger partial charge in [0.25, 0.3) is 6.43 Å². The molecule has 0 saturated heterocycles. The number of hydrogen-bond donors (Lipinski definition) is 1.